The first-order valence-electron chi connectivity index (χ1n) is 7.08. The van der Waals surface area contributed by atoms with Crippen molar-refractivity contribution >= 4 is 19.9 Å². The lowest BCUT2D eigenvalue weighted by atomic mass is 10.2. The number of anilines is 1. The van der Waals surface area contributed by atoms with Gasteiger partial charge in [-0.25, -0.2) is 4.79 Å². The summed E-state index contributed by atoms with van der Waals surface area (Å²) >= 11 is 0. The molecule has 114 valence electrons. The highest BCUT2D eigenvalue weighted by Crippen LogP contribution is 2.18. The van der Waals surface area contributed by atoms with Gasteiger partial charge in [0.2, 0.25) is 0 Å². The Hall–Kier alpha value is -1.73. The van der Waals surface area contributed by atoms with Gasteiger partial charge < -0.3 is 4.74 Å². The smallest absolute Gasteiger partial charge is 0.414 e. The van der Waals surface area contributed by atoms with Gasteiger partial charge in [0.25, 0.3) is 0 Å². The lowest BCUT2D eigenvalue weighted by Crippen LogP contribution is -2.34. The summed E-state index contributed by atoms with van der Waals surface area (Å²) in [5.41, 5.74) is 4.53. The minimum absolute atomic E-state index is 0.363. The van der Waals surface area contributed by atoms with Crippen molar-refractivity contribution < 1.29 is 9.53 Å². The van der Waals surface area contributed by atoms with E-state index in [2.05, 4.69) is 31.1 Å². The van der Waals surface area contributed by atoms with Crippen molar-refractivity contribution in [3.05, 3.63) is 29.8 Å². The number of carbonyl (C=O) groups is 1. The van der Waals surface area contributed by atoms with Crippen molar-refractivity contribution in [2.45, 2.75) is 46.0 Å². The third-order valence-corrected chi connectivity index (χ3v) is 3.36. The molecule has 1 amide bonds. The van der Waals surface area contributed by atoms with Gasteiger partial charge in [0, 0.05) is 18.3 Å². The van der Waals surface area contributed by atoms with Crippen LogP contribution >= 0.6 is 0 Å². The Morgan fingerprint density at radius 1 is 1.24 bits per heavy atom. The van der Waals surface area contributed by atoms with E-state index >= 15 is 0 Å². The monoisotopic (exact) mass is 303 g/mol. The molecule has 0 N–H and O–H groups in total. The number of hydrogen-bond donors (Lipinski definition) is 0. The van der Waals surface area contributed by atoms with Crippen LogP contribution in [-0.2, 0) is 4.74 Å². The topological polar surface area (TPSA) is 29.5 Å². The van der Waals surface area contributed by atoms with E-state index in [0.717, 1.165) is 11.3 Å². The summed E-state index contributed by atoms with van der Waals surface area (Å²) in [5, 5.41) is 0. The van der Waals surface area contributed by atoms with Crippen molar-refractivity contribution in [3.8, 4) is 11.5 Å². The number of rotatable bonds is 1. The fourth-order valence-electron chi connectivity index (χ4n) is 1.49. The van der Waals surface area contributed by atoms with E-state index in [-0.39, 0.29) is 6.09 Å². The molecule has 0 saturated carbocycles. The molecule has 0 heterocycles. The van der Waals surface area contributed by atoms with Crippen LogP contribution in [0.15, 0.2) is 24.3 Å². The molecular weight excluding hydrogens is 278 g/mol. The van der Waals surface area contributed by atoms with Crippen LogP contribution in [0.4, 0.5) is 10.5 Å². The second kappa shape index (κ2) is 6.36. The minimum atomic E-state index is -1.40. The Bertz CT molecular complexity index is 571. The molecule has 3 nitrogen and oxygen atoms in total. The number of nitrogens with zero attached hydrogens (tertiary/aromatic N) is 1. The lowest BCUT2D eigenvalue weighted by Gasteiger charge is -2.24. The standard InChI is InChI=1S/C17H25NO2Si/c1-17(2,3)20-16(19)18(4)15-10-8-9-14(13-15)11-12-21(5,6)7/h8-10,13H,1-7H3. The average molecular weight is 303 g/mol. The SMILES string of the molecule is CN(C(=O)OC(C)(C)C)c1cccc(C#C[Si](C)(C)C)c1. The zero-order valence-corrected chi connectivity index (χ0v) is 15.1. The van der Waals surface area contributed by atoms with Crippen molar-refractivity contribution in [1.82, 2.24) is 0 Å². The summed E-state index contributed by atoms with van der Waals surface area (Å²) < 4.78 is 5.37. The van der Waals surface area contributed by atoms with E-state index in [9.17, 15) is 4.79 Å². The van der Waals surface area contributed by atoms with Gasteiger partial charge in [0.05, 0.1) is 0 Å². The third-order valence-electron chi connectivity index (χ3n) is 2.48. The predicted octanol–water partition coefficient (Wildman–Crippen LogP) is 4.29. The van der Waals surface area contributed by atoms with Gasteiger partial charge in [-0.2, -0.15) is 0 Å². The maximum Gasteiger partial charge on any atom is 0.414 e. The molecule has 0 unspecified atom stereocenters. The minimum Gasteiger partial charge on any atom is -0.443 e. The second-order valence-electron chi connectivity index (χ2n) is 7.09. The number of carbonyl (C=O) groups excluding carboxylic acids is 1. The fourth-order valence-corrected chi connectivity index (χ4v) is 2.01. The van der Waals surface area contributed by atoms with E-state index in [0.29, 0.717) is 0 Å². The third kappa shape index (κ3) is 6.50. The Morgan fingerprint density at radius 3 is 2.38 bits per heavy atom. The molecule has 1 aromatic rings. The first-order chi connectivity index (χ1) is 9.48. The number of amides is 1. The van der Waals surface area contributed by atoms with Crippen molar-refractivity contribution in [1.29, 1.82) is 0 Å². The molecule has 1 aromatic carbocycles. The predicted molar refractivity (Wildman–Crippen MR) is 91.3 cm³/mol. The molecule has 0 aliphatic carbocycles. The normalized spacial score (nSPS) is 11.4. The Morgan fingerprint density at radius 2 is 1.86 bits per heavy atom. The average Bonchev–Trinajstić information content (AvgIpc) is 2.33. The van der Waals surface area contributed by atoms with E-state index in [4.69, 9.17) is 4.74 Å². The molecular formula is C17H25NO2Si. The van der Waals surface area contributed by atoms with Crippen LogP contribution in [0.5, 0.6) is 0 Å². The molecule has 0 saturated heterocycles. The first-order valence-corrected chi connectivity index (χ1v) is 10.6. The van der Waals surface area contributed by atoms with Gasteiger partial charge in [-0.05, 0) is 39.0 Å². The molecule has 0 bridgehead atoms. The van der Waals surface area contributed by atoms with Crippen LogP contribution < -0.4 is 4.90 Å². The molecule has 0 spiro atoms. The maximum absolute atomic E-state index is 12.1. The van der Waals surface area contributed by atoms with Crippen LogP contribution in [0.25, 0.3) is 0 Å². The van der Waals surface area contributed by atoms with Crippen LogP contribution in [0.2, 0.25) is 19.6 Å². The van der Waals surface area contributed by atoms with Crippen LogP contribution in [0.1, 0.15) is 26.3 Å². The molecule has 0 radical (unpaired) electrons. The molecule has 1 rings (SSSR count). The first kappa shape index (κ1) is 17.3. The zero-order chi connectivity index (χ0) is 16.3. The second-order valence-corrected chi connectivity index (χ2v) is 11.8. The van der Waals surface area contributed by atoms with Crippen LogP contribution in [-0.4, -0.2) is 26.8 Å². The molecule has 0 aliphatic rings. The highest BCUT2D eigenvalue weighted by atomic mass is 28.3. The van der Waals surface area contributed by atoms with Gasteiger partial charge in [0.1, 0.15) is 13.7 Å². The molecule has 4 heteroatoms. The van der Waals surface area contributed by atoms with Gasteiger partial charge in [-0.3, -0.25) is 4.90 Å². The van der Waals surface area contributed by atoms with Crippen molar-refractivity contribution in [2.75, 3.05) is 11.9 Å². The molecule has 0 aromatic heterocycles. The maximum atomic E-state index is 12.1. The van der Waals surface area contributed by atoms with Crippen LogP contribution in [0, 0.1) is 11.5 Å². The Kier molecular flexibility index (Phi) is 5.24. The van der Waals surface area contributed by atoms with E-state index in [1.54, 1.807) is 7.05 Å². The Balaban J connectivity index is 2.94. The quantitative estimate of drug-likeness (QED) is 0.572. The van der Waals surface area contributed by atoms with Gasteiger partial charge in [-0.1, -0.05) is 31.6 Å². The highest BCUT2D eigenvalue weighted by molar-refractivity contribution is 6.83. The zero-order valence-electron chi connectivity index (χ0n) is 14.1. The summed E-state index contributed by atoms with van der Waals surface area (Å²) in [4.78, 5) is 13.6. The number of ether oxygens (including phenoxy) is 1. The van der Waals surface area contributed by atoms with E-state index in [1.807, 2.05) is 45.0 Å². The lowest BCUT2D eigenvalue weighted by molar-refractivity contribution is 0.0589. The Labute approximate surface area is 129 Å². The largest absolute Gasteiger partial charge is 0.443 e. The number of hydrogen-bond acceptors (Lipinski definition) is 2. The summed E-state index contributed by atoms with van der Waals surface area (Å²) in [6.07, 6.45) is -0.363. The molecule has 0 fully saturated rings. The molecule has 0 aliphatic heterocycles. The van der Waals surface area contributed by atoms with Crippen molar-refractivity contribution in [3.63, 3.8) is 0 Å². The van der Waals surface area contributed by atoms with E-state index < -0.39 is 13.7 Å². The molecule has 0 atom stereocenters. The fraction of sp³-hybridized carbons (Fsp3) is 0.471. The van der Waals surface area contributed by atoms with E-state index in [1.165, 1.54) is 4.90 Å². The number of benzene rings is 1. The summed E-state index contributed by atoms with van der Waals surface area (Å²) in [5.74, 6) is 3.20. The summed E-state index contributed by atoms with van der Waals surface area (Å²) in [7, 11) is 0.303. The van der Waals surface area contributed by atoms with Crippen molar-refractivity contribution in [2.24, 2.45) is 0 Å². The summed E-state index contributed by atoms with van der Waals surface area (Å²) in [6, 6.07) is 7.66. The van der Waals surface area contributed by atoms with Gasteiger partial charge in [0.15, 0.2) is 0 Å². The van der Waals surface area contributed by atoms with Crippen LogP contribution in [0.3, 0.4) is 0 Å². The molecule has 21 heavy (non-hydrogen) atoms. The highest BCUT2D eigenvalue weighted by Gasteiger charge is 2.20. The van der Waals surface area contributed by atoms with Gasteiger partial charge >= 0.3 is 6.09 Å². The summed E-state index contributed by atoms with van der Waals surface area (Å²) in [6.45, 7) is 12.2. The van der Waals surface area contributed by atoms with Gasteiger partial charge in [-0.15, -0.1) is 5.54 Å².